The molecule has 5 heteroatoms. The summed E-state index contributed by atoms with van der Waals surface area (Å²) >= 11 is 2.04. The lowest BCUT2D eigenvalue weighted by atomic mass is 10.2. The summed E-state index contributed by atoms with van der Waals surface area (Å²) in [6.45, 7) is 6.69. The Labute approximate surface area is 120 Å². The first-order valence-electron chi connectivity index (χ1n) is 7.25. The van der Waals surface area contributed by atoms with E-state index in [0.29, 0.717) is 6.04 Å². The molecule has 1 aromatic heterocycles. The summed E-state index contributed by atoms with van der Waals surface area (Å²) in [7, 11) is 0. The van der Waals surface area contributed by atoms with Gasteiger partial charge in [0.2, 0.25) is 5.95 Å². The van der Waals surface area contributed by atoms with Gasteiger partial charge in [-0.2, -0.15) is 11.8 Å². The number of nitrogens with one attached hydrogen (secondary N) is 1. The van der Waals surface area contributed by atoms with Crippen LogP contribution in [0.15, 0.2) is 6.20 Å². The highest BCUT2D eigenvalue weighted by Crippen LogP contribution is 2.20. The van der Waals surface area contributed by atoms with E-state index < -0.39 is 0 Å². The number of anilines is 1. The lowest BCUT2D eigenvalue weighted by molar-refractivity contribution is 0.142. The fourth-order valence-electron chi connectivity index (χ4n) is 2.35. The second kappa shape index (κ2) is 7.80. The molecular weight excluding hydrogens is 258 g/mol. The van der Waals surface area contributed by atoms with Crippen LogP contribution in [0.1, 0.15) is 31.9 Å². The van der Waals surface area contributed by atoms with Crippen molar-refractivity contribution in [2.24, 2.45) is 0 Å². The van der Waals surface area contributed by atoms with Gasteiger partial charge in [-0.3, -0.25) is 0 Å². The van der Waals surface area contributed by atoms with E-state index in [1.54, 1.807) is 0 Å². The molecule has 1 aliphatic rings. The lowest BCUT2D eigenvalue weighted by Crippen LogP contribution is -2.27. The van der Waals surface area contributed by atoms with Gasteiger partial charge in [0.1, 0.15) is 0 Å². The molecule has 108 valence electrons. The maximum absolute atomic E-state index is 5.39. The van der Waals surface area contributed by atoms with Crippen molar-refractivity contribution >= 4 is 17.7 Å². The van der Waals surface area contributed by atoms with Crippen LogP contribution >= 0.6 is 11.8 Å². The van der Waals surface area contributed by atoms with Crippen LogP contribution in [0.2, 0.25) is 0 Å². The largest absolute Gasteiger partial charge is 0.382 e. The van der Waals surface area contributed by atoms with Crippen molar-refractivity contribution in [3.63, 3.8) is 0 Å². The van der Waals surface area contributed by atoms with Crippen LogP contribution in [-0.2, 0) is 11.3 Å². The summed E-state index contributed by atoms with van der Waals surface area (Å²) in [6, 6.07) is 0.575. The van der Waals surface area contributed by atoms with Crippen molar-refractivity contribution in [1.29, 1.82) is 0 Å². The Balaban J connectivity index is 1.87. The zero-order valence-electron chi connectivity index (χ0n) is 12.0. The van der Waals surface area contributed by atoms with Gasteiger partial charge in [0.05, 0.1) is 5.69 Å². The minimum absolute atomic E-state index is 0.575. The molecule has 0 aliphatic carbocycles. The van der Waals surface area contributed by atoms with Crippen molar-refractivity contribution < 1.29 is 4.74 Å². The average Bonchev–Trinajstić information content (AvgIpc) is 2.76. The summed E-state index contributed by atoms with van der Waals surface area (Å²) in [6.07, 6.45) is 5.74. The molecule has 2 rings (SSSR count). The highest BCUT2D eigenvalue weighted by molar-refractivity contribution is 7.99. The van der Waals surface area contributed by atoms with E-state index >= 15 is 0 Å². The molecule has 1 N–H and O–H groups in total. The Hall–Kier alpha value is -0.680. The van der Waals surface area contributed by atoms with Gasteiger partial charge in [-0.1, -0.05) is 0 Å². The molecule has 0 spiro atoms. The van der Waals surface area contributed by atoms with E-state index in [1.165, 1.54) is 24.3 Å². The van der Waals surface area contributed by atoms with E-state index in [4.69, 9.17) is 4.74 Å². The predicted molar refractivity (Wildman–Crippen MR) is 82.0 cm³/mol. The molecule has 2 heterocycles. The summed E-state index contributed by atoms with van der Waals surface area (Å²) in [4.78, 5) is 4.61. The van der Waals surface area contributed by atoms with E-state index in [0.717, 1.165) is 37.8 Å². The minimum Gasteiger partial charge on any atom is -0.382 e. The monoisotopic (exact) mass is 283 g/mol. The molecule has 4 nitrogen and oxygen atoms in total. The molecule has 1 aromatic rings. The van der Waals surface area contributed by atoms with Crippen molar-refractivity contribution in [3.8, 4) is 0 Å². The molecule has 0 saturated carbocycles. The number of aromatic nitrogens is 2. The Kier molecular flexibility index (Phi) is 6.04. The zero-order chi connectivity index (χ0) is 13.5. The molecule has 19 heavy (non-hydrogen) atoms. The highest BCUT2D eigenvalue weighted by atomic mass is 32.2. The van der Waals surface area contributed by atoms with Crippen LogP contribution < -0.4 is 5.32 Å². The van der Waals surface area contributed by atoms with Gasteiger partial charge in [0, 0.05) is 37.8 Å². The number of hydrogen-bond donors (Lipinski definition) is 1. The topological polar surface area (TPSA) is 39.1 Å². The van der Waals surface area contributed by atoms with E-state index in [1.807, 2.05) is 18.7 Å². The Bertz CT molecular complexity index is 375. The summed E-state index contributed by atoms with van der Waals surface area (Å²) in [5.41, 5.74) is 1.09. The van der Waals surface area contributed by atoms with Crippen LogP contribution in [0.3, 0.4) is 0 Å². The summed E-state index contributed by atoms with van der Waals surface area (Å²) in [5, 5.41) is 3.60. The smallest absolute Gasteiger partial charge is 0.203 e. The van der Waals surface area contributed by atoms with Crippen molar-refractivity contribution in [2.75, 3.05) is 30.0 Å². The Morgan fingerprint density at radius 2 is 2.47 bits per heavy atom. The van der Waals surface area contributed by atoms with Gasteiger partial charge in [-0.05, 0) is 38.9 Å². The number of aryl methyl sites for hydroxylation is 2. The van der Waals surface area contributed by atoms with Gasteiger partial charge in [0.25, 0.3) is 0 Å². The third-order valence-electron chi connectivity index (χ3n) is 3.28. The fourth-order valence-corrected chi connectivity index (χ4v) is 3.42. The highest BCUT2D eigenvalue weighted by Gasteiger charge is 2.16. The maximum atomic E-state index is 5.39. The molecule has 1 saturated heterocycles. The maximum Gasteiger partial charge on any atom is 0.203 e. The third-order valence-corrected chi connectivity index (χ3v) is 4.50. The average molecular weight is 283 g/mol. The van der Waals surface area contributed by atoms with Gasteiger partial charge >= 0.3 is 0 Å². The van der Waals surface area contributed by atoms with Gasteiger partial charge in [-0.15, -0.1) is 0 Å². The van der Waals surface area contributed by atoms with Gasteiger partial charge in [0.15, 0.2) is 0 Å². The normalized spacial score (nSPS) is 19.6. The van der Waals surface area contributed by atoms with E-state index in [9.17, 15) is 0 Å². The van der Waals surface area contributed by atoms with Crippen LogP contribution in [0, 0.1) is 6.92 Å². The second-order valence-electron chi connectivity index (χ2n) is 5.01. The first-order valence-corrected chi connectivity index (χ1v) is 8.41. The van der Waals surface area contributed by atoms with Gasteiger partial charge < -0.3 is 14.6 Å². The van der Waals surface area contributed by atoms with Crippen LogP contribution in [0.4, 0.5) is 5.95 Å². The van der Waals surface area contributed by atoms with Crippen LogP contribution in [0.5, 0.6) is 0 Å². The van der Waals surface area contributed by atoms with Crippen molar-refractivity contribution in [3.05, 3.63) is 11.9 Å². The number of imidazole rings is 1. The molecule has 0 amide bonds. The number of rotatable bonds is 7. The number of nitrogens with zero attached hydrogens (tertiary/aromatic N) is 2. The first-order chi connectivity index (χ1) is 9.29. The third kappa shape index (κ3) is 4.73. The molecule has 1 fully saturated rings. The van der Waals surface area contributed by atoms with E-state index in [-0.39, 0.29) is 0 Å². The van der Waals surface area contributed by atoms with Crippen LogP contribution in [-0.4, -0.2) is 40.3 Å². The number of thioether (sulfide) groups is 1. The molecule has 0 aromatic carbocycles. The van der Waals surface area contributed by atoms with E-state index in [2.05, 4.69) is 28.0 Å². The standard InChI is InChI=1S/C14H25N3OS/c1-3-18-8-5-7-17-10-12(2)15-14(17)16-13-6-4-9-19-11-13/h10,13H,3-9,11H2,1-2H3,(H,15,16). The second-order valence-corrected chi connectivity index (χ2v) is 6.16. The molecular formula is C14H25N3OS. The van der Waals surface area contributed by atoms with Crippen LogP contribution in [0.25, 0.3) is 0 Å². The molecule has 0 radical (unpaired) electrons. The Morgan fingerprint density at radius 3 is 3.21 bits per heavy atom. The first kappa shape index (κ1) is 14.7. The predicted octanol–water partition coefficient (Wildman–Crippen LogP) is 2.93. The quantitative estimate of drug-likeness (QED) is 0.781. The lowest BCUT2D eigenvalue weighted by Gasteiger charge is -2.23. The molecule has 1 atom stereocenters. The molecule has 1 aliphatic heterocycles. The zero-order valence-corrected chi connectivity index (χ0v) is 12.8. The number of ether oxygens (including phenoxy) is 1. The van der Waals surface area contributed by atoms with Crippen molar-refractivity contribution in [2.45, 2.75) is 45.7 Å². The number of hydrogen-bond acceptors (Lipinski definition) is 4. The minimum atomic E-state index is 0.575. The summed E-state index contributed by atoms with van der Waals surface area (Å²) < 4.78 is 7.62. The van der Waals surface area contributed by atoms with Gasteiger partial charge in [-0.25, -0.2) is 4.98 Å². The molecule has 1 unspecified atom stereocenters. The Morgan fingerprint density at radius 1 is 1.58 bits per heavy atom. The van der Waals surface area contributed by atoms with Crippen molar-refractivity contribution in [1.82, 2.24) is 9.55 Å². The summed E-state index contributed by atoms with van der Waals surface area (Å²) in [5.74, 6) is 3.53. The SMILES string of the molecule is CCOCCCn1cc(C)nc1NC1CCCSC1. The fraction of sp³-hybridized carbons (Fsp3) is 0.786. The molecule has 0 bridgehead atoms.